The fourth-order valence-corrected chi connectivity index (χ4v) is 6.23. The van der Waals surface area contributed by atoms with E-state index in [-0.39, 0.29) is 0 Å². The van der Waals surface area contributed by atoms with Gasteiger partial charge in [0.2, 0.25) is 0 Å². The Morgan fingerprint density at radius 3 is 2.74 bits per heavy atom. The molecule has 1 aromatic heterocycles. The third-order valence-electron chi connectivity index (χ3n) is 3.67. The number of nitrogens with zero attached hydrogens (tertiary/aromatic N) is 2. The Bertz CT molecular complexity index is 480. The Labute approximate surface area is 127 Å². The first kappa shape index (κ1) is 13.9. The van der Waals surface area contributed by atoms with Crippen LogP contribution in [0.5, 0.6) is 0 Å². The zero-order valence-electron chi connectivity index (χ0n) is 11.5. The minimum Gasteiger partial charge on any atom is -0.373 e. The lowest BCUT2D eigenvalue weighted by Gasteiger charge is -2.30. The van der Waals surface area contributed by atoms with E-state index >= 15 is 0 Å². The third kappa shape index (κ3) is 2.72. The molecule has 3 unspecified atom stereocenters. The number of nitrogens with one attached hydrogen (secondary N) is 1. The molecule has 3 nitrogen and oxygen atoms in total. The van der Waals surface area contributed by atoms with Crippen LogP contribution in [-0.2, 0) is 11.5 Å². The second kappa shape index (κ2) is 5.74. The molecule has 0 aromatic carbocycles. The molecular weight excluding hydrogens is 294 g/mol. The van der Waals surface area contributed by atoms with Gasteiger partial charge < -0.3 is 5.32 Å². The molecule has 0 bridgehead atoms. The number of hydrogen-bond donors (Lipinski definition) is 1. The van der Waals surface area contributed by atoms with Crippen molar-refractivity contribution in [1.29, 1.82) is 0 Å². The third-order valence-corrected chi connectivity index (χ3v) is 8.03. The summed E-state index contributed by atoms with van der Waals surface area (Å²) in [6.07, 6.45) is 0. The first-order valence-electron chi connectivity index (χ1n) is 6.61. The van der Waals surface area contributed by atoms with Gasteiger partial charge in [-0.05, 0) is 0 Å². The van der Waals surface area contributed by atoms with Crippen molar-refractivity contribution in [3.63, 3.8) is 0 Å². The van der Waals surface area contributed by atoms with Gasteiger partial charge in [-0.3, -0.25) is 0 Å². The van der Waals surface area contributed by atoms with Crippen LogP contribution in [0.2, 0.25) is 0 Å². The van der Waals surface area contributed by atoms with Crippen LogP contribution in [0.25, 0.3) is 0 Å². The Kier molecular flexibility index (Phi) is 4.19. The highest BCUT2D eigenvalue weighted by Gasteiger charge is 2.30. The molecule has 3 rings (SSSR count). The molecule has 0 saturated carbocycles. The van der Waals surface area contributed by atoms with Crippen molar-refractivity contribution in [2.75, 3.05) is 18.1 Å². The van der Waals surface area contributed by atoms with Crippen molar-refractivity contribution in [2.45, 2.75) is 41.1 Å². The Morgan fingerprint density at radius 1 is 1.16 bits per heavy atom. The molecule has 1 N–H and O–H groups in total. The van der Waals surface area contributed by atoms with Crippen LogP contribution in [0.1, 0.15) is 36.2 Å². The number of anilines is 1. The van der Waals surface area contributed by atoms with Gasteiger partial charge >= 0.3 is 0 Å². The number of hydrogen-bond acceptors (Lipinski definition) is 6. The van der Waals surface area contributed by atoms with E-state index in [1.165, 1.54) is 11.3 Å². The molecule has 19 heavy (non-hydrogen) atoms. The molecule has 0 amide bonds. The normalized spacial score (nSPS) is 30.2. The molecule has 0 radical (unpaired) electrons. The maximum atomic E-state index is 4.84. The molecule has 104 valence electrons. The molecule has 1 saturated heterocycles. The van der Waals surface area contributed by atoms with Crippen LogP contribution < -0.4 is 5.32 Å². The topological polar surface area (TPSA) is 37.8 Å². The van der Waals surface area contributed by atoms with Crippen LogP contribution in [0, 0.1) is 0 Å². The predicted molar refractivity (Wildman–Crippen MR) is 88.3 cm³/mol. The maximum absolute atomic E-state index is 4.84. The molecule has 0 spiro atoms. The lowest BCUT2D eigenvalue weighted by molar-refractivity contribution is 0.849. The lowest BCUT2D eigenvalue weighted by atomic mass is 10.2. The highest BCUT2D eigenvalue weighted by atomic mass is 32.2. The minimum absolute atomic E-state index is 0.444. The van der Waals surface area contributed by atoms with Crippen molar-refractivity contribution in [3.8, 4) is 0 Å². The van der Waals surface area contributed by atoms with Crippen molar-refractivity contribution < 1.29 is 0 Å². The lowest BCUT2D eigenvalue weighted by Crippen LogP contribution is -2.23. The summed E-state index contributed by atoms with van der Waals surface area (Å²) in [6, 6.07) is 0. The molecule has 2 aliphatic rings. The monoisotopic (exact) mass is 313 g/mol. The van der Waals surface area contributed by atoms with Crippen molar-refractivity contribution in [3.05, 3.63) is 17.1 Å². The average Bonchev–Trinajstić information content (AvgIpc) is 2.89. The summed E-state index contributed by atoms with van der Waals surface area (Å²) in [5.41, 5.74) is 2.56. The summed E-state index contributed by atoms with van der Waals surface area (Å²) >= 11 is 6.02. The van der Waals surface area contributed by atoms with Gasteiger partial charge in [0, 0.05) is 40.4 Å². The summed E-state index contributed by atoms with van der Waals surface area (Å²) in [4.78, 5) is 9.62. The van der Waals surface area contributed by atoms with Crippen LogP contribution in [0.4, 0.5) is 5.82 Å². The molecule has 1 aromatic rings. The highest BCUT2D eigenvalue weighted by molar-refractivity contribution is 8.07. The zero-order valence-corrected chi connectivity index (χ0v) is 13.9. The van der Waals surface area contributed by atoms with Crippen LogP contribution in [-0.4, -0.2) is 33.3 Å². The number of fused-ring (bicyclic) bond motifs is 1. The van der Waals surface area contributed by atoms with E-state index in [9.17, 15) is 0 Å². The number of aromatic nitrogens is 2. The number of thioether (sulfide) groups is 3. The summed E-state index contributed by atoms with van der Waals surface area (Å²) in [5.74, 6) is 5.29. The van der Waals surface area contributed by atoms with Crippen LogP contribution >= 0.6 is 35.3 Å². The molecule has 2 aliphatic heterocycles. The minimum atomic E-state index is 0.444. The van der Waals surface area contributed by atoms with E-state index in [0.29, 0.717) is 10.5 Å². The van der Waals surface area contributed by atoms with Gasteiger partial charge in [0.05, 0.1) is 10.9 Å². The summed E-state index contributed by atoms with van der Waals surface area (Å²) < 4.78 is 0. The quantitative estimate of drug-likeness (QED) is 0.900. The standard InChI is InChI=1S/C13H19N3S3/c1-7-8(2)19-11(6-18-7)13-15-10-5-17-4-9(10)12(14-3)16-13/h7-8,11H,4-6H2,1-3H3,(H,14,15,16). The number of rotatable bonds is 2. The first-order chi connectivity index (χ1) is 9.19. The Balaban J connectivity index is 1.89. The fraction of sp³-hybridized carbons (Fsp3) is 0.692. The smallest absolute Gasteiger partial charge is 0.144 e. The molecule has 3 atom stereocenters. The molecular formula is C13H19N3S3. The molecule has 1 fully saturated rings. The van der Waals surface area contributed by atoms with E-state index in [0.717, 1.165) is 34.2 Å². The van der Waals surface area contributed by atoms with Gasteiger partial charge in [0.25, 0.3) is 0 Å². The van der Waals surface area contributed by atoms with E-state index in [4.69, 9.17) is 9.97 Å². The highest BCUT2D eigenvalue weighted by Crippen LogP contribution is 2.44. The van der Waals surface area contributed by atoms with Gasteiger partial charge in [-0.2, -0.15) is 23.5 Å². The SMILES string of the molecule is CNc1nc(C2CSC(C)C(C)S2)nc2c1CSC2. The first-order valence-corrected chi connectivity index (χ1v) is 9.76. The summed E-state index contributed by atoms with van der Waals surface area (Å²) in [5, 5.41) is 5.10. The van der Waals surface area contributed by atoms with Crippen molar-refractivity contribution in [1.82, 2.24) is 9.97 Å². The largest absolute Gasteiger partial charge is 0.373 e. The molecule has 0 aliphatic carbocycles. The van der Waals surface area contributed by atoms with E-state index < -0.39 is 0 Å². The average molecular weight is 314 g/mol. The predicted octanol–water partition coefficient (Wildman–Crippen LogP) is 3.56. The van der Waals surface area contributed by atoms with E-state index in [1.807, 2.05) is 42.3 Å². The molecule has 3 heterocycles. The maximum Gasteiger partial charge on any atom is 0.144 e. The van der Waals surface area contributed by atoms with Gasteiger partial charge in [-0.15, -0.1) is 11.8 Å². The van der Waals surface area contributed by atoms with Crippen LogP contribution in [0.3, 0.4) is 0 Å². The van der Waals surface area contributed by atoms with Crippen LogP contribution in [0.15, 0.2) is 0 Å². The fourth-order valence-electron chi connectivity index (χ4n) is 2.34. The summed E-state index contributed by atoms with van der Waals surface area (Å²) in [7, 11) is 1.96. The van der Waals surface area contributed by atoms with Crippen molar-refractivity contribution in [2.24, 2.45) is 0 Å². The zero-order chi connectivity index (χ0) is 13.4. The Morgan fingerprint density at radius 2 is 2.00 bits per heavy atom. The second-order valence-electron chi connectivity index (χ2n) is 4.97. The molecule has 6 heteroatoms. The van der Waals surface area contributed by atoms with Gasteiger partial charge in [-0.25, -0.2) is 9.97 Å². The van der Waals surface area contributed by atoms with E-state index in [1.54, 1.807) is 0 Å². The summed E-state index contributed by atoms with van der Waals surface area (Å²) in [6.45, 7) is 4.63. The van der Waals surface area contributed by atoms with E-state index in [2.05, 4.69) is 19.2 Å². The second-order valence-corrected chi connectivity index (χ2v) is 8.95. The Hall–Kier alpha value is -0.0700. The van der Waals surface area contributed by atoms with Gasteiger partial charge in [0.1, 0.15) is 11.6 Å². The van der Waals surface area contributed by atoms with Crippen molar-refractivity contribution >= 4 is 41.1 Å². The van der Waals surface area contributed by atoms with Gasteiger partial charge in [0.15, 0.2) is 0 Å². The van der Waals surface area contributed by atoms with Gasteiger partial charge in [-0.1, -0.05) is 13.8 Å².